The molecular formula is C16H17NO2. The van der Waals surface area contributed by atoms with Crippen LogP contribution in [0.25, 0.3) is 5.57 Å². The highest BCUT2D eigenvalue weighted by atomic mass is 16.7. The van der Waals surface area contributed by atoms with E-state index in [2.05, 4.69) is 24.3 Å². The summed E-state index contributed by atoms with van der Waals surface area (Å²) < 4.78 is 10.4. The Balaban J connectivity index is 1.90. The van der Waals surface area contributed by atoms with Gasteiger partial charge in [-0.05, 0) is 53.5 Å². The third-order valence-electron chi connectivity index (χ3n) is 4.06. The SMILES string of the molecule is COCOc1ccc2c(c1)CC1(CC1)/C2=C/CC#N. The summed E-state index contributed by atoms with van der Waals surface area (Å²) in [5, 5.41) is 8.78. The van der Waals surface area contributed by atoms with E-state index in [1.807, 2.05) is 6.07 Å². The summed E-state index contributed by atoms with van der Waals surface area (Å²) in [6, 6.07) is 8.43. The monoisotopic (exact) mass is 255 g/mol. The fraction of sp³-hybridized carbons (Fsp3) is 0.438. The van der Waals surface area contributed by atoms with Crippen molar-refractivity contribution in [3.8, 4) is 11.8 Å². The van der Waals surface area contributed by atoms with E-state index in [9.17, 15) is 0 Å². The molecule has 1 spiro atoms. The van der Waals surface area contributed by atoms with Gasteiger partial charge in [-0.2, -0.15) is 5.26 Å². The maximum atomic E-state index is 8.78. The molecule has 0 aromatic heterocycles. The van der Waals surface area contributed by atoms with E-state index in [1.165, 1.54) is 29.5 Å². The first-order chi connectivity index (χ1) is 9.29. The first-order valence-corrected chi connectivity index (χ1v) is 6.62. The zero-order valence-corrected chi connectivity index (χ0v) is 11.1. The number of fused-ring (bicyclic) bond motifs is 1. The van der Waals surface area contributed by atoms with Gasteiger partial charge < -0.3 is 9.47 Å². The lowest BCUT2D eigenvalue weighted by Crippen LogP contribution is -1.99. The fourth-order valence-electron chi connectivity index (χ4n) is 3.01. The molecule has 0 radical (unpaired) electrons. The Morgan fingerprint density at radius 3 is 2.95 bits per heavy atom. The topological polar surface area (TPSA) is 42.2 Å². The van der Waals surface area contributed by atoms with Gasteiger partial charge in [0, 0.05) is 7.11 Å². The molecule has 1 aromatic carbocycles. The normalized spacial score (nSPS) is 20.3. The number of rotatable bonds is 4. The molecule has 3 heteroatoms. The number of nitrogens with zero attached hydrogens (tertiary/aromatic N) is 1. The molecule has 1 aromatic rings. The van der Waals surface area contributed by atoms with Gasteiger partial charge in [0.05, 0.1) is 12.5 Å². The highest BCUT2D eigenvalue weighted by Crippen LogP contribution is 2.62. The second kappa shape index (κ2) is 4.71. The zero-order valence-electron chi connectivity index (χ0n) is 11.1. The molecule has 0 heterocycles. The molecule has 0 unspecified atom stereocenters. The Hall–Kier alpha value is -1.79. The van der Waals surface area contributed by atoms with E-state index in [4.69, 9.17) is 14.7 Å². The smallest absolute Gasteiger partial charge is 0.188 e. The lowest BCUT2D eigenvalue weighted by molar-refractivity contribution is 0.0511. The third kappa shape index (κ3) is 2.13. The Kier molecular flexibility index (Phi) is 3.04. The van der Waals surface area contributed by atoms with Crippen LogP contribution in [0.4, 0.5) is 0 Å². The first-order valence-electron chi connectivity index (χ1n) is 6.62. The number of methoxy groups -OCH3 is 1. The molecule has 3 nitrogen and oxygen atoms in total. The second-order valence-corrected chi connectivity index (χ2v) is 5.31. The van der Waals surface area contributed by atoms with Crippen LogP contribution in [0.15, 0.2) is 24.3 Å². The van der Waals surface area contributed by atoms with Gasteiger partial charge in [-0.25, -0.2) is 0 Å². The number of nitriles is 1. The summed E-state index contributed by atoms with van der Waals surface area (Å²) in [5.74, 6) is 0.859. The molecule has 0 saturated heterocycles. The molecule has 0 atom stereocenters. The van der Waals surface area contributed by atoms with E-state index in [-0.39, 0.29) is 6.79 Å². The van der Waals surface area contributed by atoms with E-state index in [0.29, 0.717) is 11.8 Å². The molecule has 0 bridgehead atoms. The van der Waals surface area contributed by atoms with E-state index in [0.717, 1.165) is 12.2 Å². The van der Waals surface area contributed by atoms with Crippen LogP contribution in [-0.2, 0) is 11.2 Å². The van der Waals surface area contributed by atoms with Crippen LogP contribution in [0.2, 0.25) is 0 Å². The van der Waals surface area contributed by atoms with Crippen molar-refractivity contribution in [2.24, 2.45) is 5.41 Å². The average molecular weight is 255 g/mol. The number of ether oxygens (including phenoxy) is 2. The summed E-state index contributed by atoms with van der Waals surface area (Å²) in [7, 11) is 1.62. The summed E-state index contributed by atoms with van der Waals surface area (Å²) >= 11 is 0. The van der Waals surface area contributed by atoms with Crippen LogP contribution >= 0.6 is 0 Å². The standard InChI is InChI=1S/C16H17NO2/c1-18-11-19-13-4-5-14-12(9-13)10-16(6-7-16)15(14)3-2-8-17/h3-5,9H,2,6-7,10-11H2,1H3/b15-3+. The van der Waals surface area contributed by atoms with Gasteiger partial charge in [0.2, 0.25) is 0 Å². The van der Waals surface area contributed by atoms with Crippen LogP contribution in [0.3, 0.4) is 0 Å². The van der Waals surface area contributed by atoms with Crippen LogP contribution < -0.4 is 4.74 Å². The number of allylic oxidation sites excluding steroid dienone is 2. The minimum Gasteiger partial charge on any atom is -0.468 e. The quantitative estimate of drug-likeness (QED) is 0.775. The lowest BCUT2D eigenvalue weighted by Gasteiger charge is -2.08. The van der Waals surface area contributed by atoms with Gasteiger partial charge in [-0.3, -0.25) is 0 Å². The van der Waals surface area contributed by atoms with Crippen molar-refractivity contribution in [1.82, 2.24) is 0 Å². The minimum atomic E-state index is 0.279. The van der Waals surface area contributed by atoms with E-state index in [1.54, 1.807) is 7.11 Å². The molecule has 0 aliphatic heterocycles. The molecule has 2 aliphatic carbocycles. The van der Waals surface area contributed by atoms with Crippen LogP contribution in [-0.4, -0.2) is 13.9 Å². The number of hydrogen-bond acceptors (Lipinski definition) is 3. The van der Waals surface area contributed by atoms with E-state index >= 15 is 0 Å². The van der Waals surface area contributed by atoms with Crippen molar-refractivity contribution in [3.63, 3.8) is 0 Å². The van der Waals surface area contributed by atoms with Gasteiger partial charge >= 0.3 is 0 Å². The third-order valence-corrected chi connectivity index (χ3v) is 4.06. The molecule has 98 valence electrons. The van der Waals surface area contributed by atoms with Gasteiger partial charge in [0.15, 0.2) is 6.79 Å². The zero-order chi connectivity index (χ0) is 13.3. The van der Waals surface area contributed by atoms with Crippen molar-refractivity contribution in [1.29, 1.82) is 5.26 Å². The molecule has 1 fully saturated rings. The predicted molar refractivity (Wildman–Crippen MR) is 72.5 cm³/mol. The van der Waals surface area contributed by atoms with Crippen molar-refractivity contribution in [2.75, 3.05) is 13.9 Å². The highest BCUT2D eigenvalue weighted by molar-refractivity contribution is 5.80. The molecule has 1 saturated carbocycles. The fourth-order valence-corrected chi connectivity index (χ4v) is 3.01. The Morgan fingerprint density at radius 2 is 2.26 bits per heavy atom. The molecule has 19 heavy (non-hydrogen) atoms. The van der Waals surface area contributed by atoms with Crippen LogP contribution in [0, 0.1) is 16.7 Å². The van der Waals surface area contributed by atoms with Gasteiger partial charge in [0.1, 0.15) is 5.75 Å². The van der Waals surface area contributed by atoms with Crippen LogP contribution in [0.1, 0.15) is 30.4 Å². The summed E-state index contributed by atoms with van der Waals surface area (Å²) in [6.07, 6.45) is 6.18. The Bertz CT molecular complexity index is 565. The maximum absolute atomic E-state index is 8.78. The number of hydrogen-bond donors (Lipinski definition) is 0. The molecule has 2 aliphatic rings. The summed E-state index contributed by atoms with van der Waals surface area (Å²) in [6.45, 7) is 0.279. The van der Waals surface area contributed by atoms with Gasteiger partial charge in [0.25, 0.3) is 0 Å². The van der Waals surface area contributed by atoms with Crippen molar-refractivity contribution < 1.29 is 9.47 Å². The average Bonchev–Trinajstić information content (AvgIpc) is 3.11. The van der Waals surface area contributed by atoms with Crippen molar-refractivity contribution in [2.45, 2.75) is 25.7 Å². The lowest BCUT2D eigenvalue weighted by atomic mass is 9.96. The predicted octanol–water partition coefficient (Wildman–Crippen LogP) is 3.30. The molecule has 0 N–H and O–H groups in total. The minimum absolute atomic E-state index is 0.279. The van der Waals surface area contributed by atoms with Gasteiger partial charge in [-0.1, -0.05) is 12.1 Å². The summed E-state index contributed by atoms with van der Waals surface area (Å²) in [5.41, 5.74) is 4.36. The first kappa shape index (κ1) is 12.3. The maximum Gasteiger partial charge on any atom is 0.188 e. The molecule has 0 amide bonds. The molecule has 3 rings (SSSR count). The Morgan fingerprint density at radius 1 is 1.42 bits per heavy atom. The van der Waals surface area contributed by atoms with Crippen molar-refractivity contribution >= 4 is 5.57 Å². The van der Waals surface area contributed by atoms with Crippen molar-refractivity contribution in [3.05, 3.63) is 35.4 Å². The van der Waals surface area contributed by atoms with E-state index < -0.39 is 0 Å². The number of benzene rings is 1. The largest absolute Gasteiger partial charge is 0.468 e. The highest BCUT2D eigenvalue weighted by Gasteiger charge is 2.50. The van der Waals surface area contributed by atoms with Gasteiger partial charge in [-0.15, -0.1) is 0 Å². The Labute approximate surface area is 113 Å². The second-order valence-electron chi connectivity index (χ2n) is 5.31. The summed E-state index contributed by atoms with van der Waals surface area (Å²) in [4.78, 5) is 0. The molecular weight excluding hydrogens is 238 g/mol. The van der Waals surface area contributed by atoms with Crippen LogP contribution in [0.5, 0.6) is 5.75 Å².